The molecule has 0 spiro atoms. The molecule has 3 amide bonds. The lowest BCUT2D eigenvalue weighted by molar-refractivity contribution is -0.140. The second-order valence-corrected chi connectivity index (χ2v) is 31.2. The van der Waals surface area contributed by atoms with Gasteiger partial charge < -0.3 is 49.1 Å². The molecule has 0 aliphatic rings. The Bertz CT molecular complexity index is 5490. The maximum atomic E-state index is 12.4. The summed E-state index contributed by atoms with van der Waals surface area (Å²) in [5.41, 5.74) is 6.41. The van der Waals surface area contributed by atoms with Crippen molar-refractivity contribution in [2.75, 3.05) is 134 Å². The van der Waals surface area contributed by atoms with Gasteiger partial charge in [-0.1, -0.05) is 185 Å². The van der Waals surface area contributed by atoms with E-state index in [2.05, 4.69) is 48.8 Å². The molecule has 0 aromatic heterocycles. The Kier molecular flexibility index (Phi) is 49.4. The van der Waals surface area contributed by atoms with Crippen LogP contribution in [-0.4, -0.2) is 246 Å². The van der Waals surface area contributed by atoms with Gasteiger partial charge in [0.05, 0.1) is 32.7 Å². The second-order valence-electron chi connectivity index (χ2n) is 31.2. The molecule has 30 nitrogen and oxygen atoms in total. The molecule has 0 radical (unpaired) electrons. The van der Waals surface area contributed by atoms with Crippen LogP contribution in [0, 0.1) is 0 Å². The maximum absolute atomic E-state index is 12.4. The highest BCUT2D eigenvalue weighted by Crippen LogP contribution is 2.23. The number of benzene rings is 10. The molecule has 0 atom stereocenters. The van der Waals surface area contributed by atoms with Gasteiger partial charge in [0.1, 0.15) is 42.0 Å². The minimum Gasteiger partial charge on any atom is -0.461 e. The largest absolute Gasteiger partial charge is 0.461 e. The Morgan fingerprint density at radius 3 is 0.741 bits per heavy atom. The third-order valence-corrected chi connectivity index (χ3v) is 19.5. The van der Waals surface area contributed by atoms with E-state index < -0.39 is 35.8 Å². The van der Waals surface area contributed by atoms with Gasteiger partial charge in [-0.2, -0.15) is 0 Å². The van der Waals surface area contributed by atoms with E-state index in [9.17, 15) is 71.9 Å². The van der Waals surface area contributed by atoms with Gasteiger partial charge >= 0.3 is 41.8 Å². The molecule has 30 heteroatoms. The molecule has 0 saturated carbocycles. The van der Waals surface area contributed by atoms with Gasteiger partial charge in [-0.3, -0.25) is 86.8 Å². The first-order valence-corrected chi connectivity index (χ1v) is 44.0. The molecule has 0 aliphatic carbocycles. The highest BCUT2D eigenvalue weighted by Gasteiger charge is 2.20. The first-order valence-electron chi connectivity index (χ1n) is 44.0. The van der Waals surface area contributed by atoms with Gasteiger partial charge in [0.2, 0.25) is 17.7 Å². The molecule has 139 heavy (non-hydrogen) atoms. The van der Waals surface area contributed by atoms with Crippen LogP contribution in [-0.2, 0) is 57.4 Å². The van der Waals surface area contributed by atoms with E-state index in [0.29, 0.717) is 148 Å². The average Bonchev–Trinajstić information content (AvgIpc) is 0.867. The Morgan fingerprint density at radius 2 is 0.496 bits per heavy atom. The van der Waals surface area contributed by atoms with E-state index >= 15 is 0 Å². The molecule has 0 saturated heterocycles. The number of unbranched alkanes of at least 4 members (excludes halogenated alkanes) is 1. The Balaban J connectivity index is 0.000000266. The summed E-state index contributed by atoms with van der Waals surface area (Å²) in [7, 11) is 8.78. The number of nitrogens with zero attached hydrogens (tertiary/aromatic N) is 5. The highest BCUT2D eigenvalue weighted by atomic mass is 16.6. The fourth-order valence-electron chi connectivity index (χ4n) is 12.0. The van der Waals surface area contributed by atoms with Crippen LogP contribution in [0.1, 0.15) is 106 Å². The lowest BCUT2D eigenvalue weighted by Crippen LogP contribution is -2.36. The van der Waals surface area contributed by atoms with Gasteiger partial charge in [0.25, 0.3) is 0 Å². The van der Waals surface area contributed by atoms with Crippen molar-refractivity contribution in [1.82, 2.24) is 40.4 Å². The highest BCUT2D eigenvalue weighted by molar-refractivity contribution is 6.12. The van der Waals surface area contributed by atoms with Crippen LogP contribution in [0.5, 0.6) is 28.7 Å². The Hall–Kier alpha value is -16.3. The van der Waals surface area contributed by atoms with Crippen molar-refractivity contribution in [3.05, 3.63) is 391 Å². The molecular weight excluding hydrogens is 1770 g/mol. The van der Waals surface area contributed by atoms with E-state index in [0.717, 1.165) is 18.9 Å². The quantitative estimate of drug-likeness (QED) is 0.0105. The van der Waals surface area contributed by atoms with Crippen LogP contribution < -0.4 is 39.6 Å². The number of hydrogen-bond acceptors (Lipinski definition) is 27. The lowest BCUT2D eigenvalue weighted by atomic mass is 10.0. The second kappa shape index (κ2) is 61.6. The predicted octanol–water partition coefficient (Wildman–Crippen LogP) is 12.7. The van der Waals surface area contributed by atoms with Crippen LogP contribution in [0.4, 0.5) is 0 Å². The predicted molar refractivity (Wildman–Crippen MR) is 528 cm³/mol. The molecule has 0 unspecified atom stereocenters. The molecule has 0 heterocycles. The summed E-state index contributed by atoms with van der Waals surface area (Å²) in [4.78, 5) is 186. The fraction of sp³-hybridized carbons (Fsp3) is 0.220. The fourth-order valence-corrected chi connectivity index (χ4v) is 12.0. The monoisotopic (exact) mass is 1890 g/mol. The van der Waals surface area contributed by atoms with Crippen molar-refractivity contribution in [1.29, 1.82) is 0 Å². The number of hydrogen-bond donors (Lipinski definition) is 3. The lowest BCUT2D eigenvalue weighted by Gasteiger charge is -2.16. The smallest absolute Gasteiger partial charge is 0.333 e. The van der Waals surface area contributed by atoms with E-state index in [1.807, 2.05) is 78.7 Å². The molecular formula is C109H116N8O22. The van der Waals surface area contributed by atoms with Gasteiger partial charge in [0, 0.05) is 119 Å². The first kappa shape index (κ1) is 111. The van der Waals surface area contributed by atoms with Gasteiger partial charge in [-0.05, 0) is 202 Å². The van der Waals surface area contributed by atoms with Crippen LogP contribution >= 0.6 is 0 Å². The SMILES string of the molecule is C=C(C)C(=O)NCCN(C)CC(=O)Oc1ccc(C(=O)c2ccccc2)cc1.C=C(C)C(=O)OCCN(C)CC(=O)Oc1ccc(C(=O)c2ccccc2)cc1.C=CC(=O)NCCCCN(C)CC(=O)Oc1ccc(C(=O)c2ccccc2)cc1.C=CC(=O)NCCN(C)CC(=O)Oc1ccc(C(=O)c2ccccc2)cc1.C=CC(=O)OCCN(C)CC(=O)Oc1ccc(C(=O)c2ccccc2)cc1. The van der Waals surface area contributed by atoms with E-state index in [1.54, 1.807) is 268 Å². The number of rotatable bonds is 47. The molecule has 10 aromatic rings. The minimum absolute atomic E-state index is 0.0370. The number of nitrogens with one attached hydrogen (secondary N) is 3. The number of carbonyl (C=O) groups is 15. The molecule has 10 rings (SSSR count). The van der Waals surface area contributed by atoms with Gasteiger partial charge in [-0.15, -0.1) is 0 Å². The topological polar surface area (TPSA) is 373 Å². The zero-order chi connectivity index (χ0) is 101. The summed E-state index contributed by atoms with van der Waals surface area (Å²) in [6, 6.07) is 77.2. The standard InChI is InChI=1S/C23H26N2O4.C22H24N2O4.C22H23NO5.C21H22N2O4.C21H21NO5/c1-3-21(26)24-15-7-8-16-25(2)17-22(27)29-20-13-11-19(12-14-20)23(28)18-9-5-4-6-10-18;1-16(2)22(27)23-13-14-24(3)15-20(25)28-19-11-9-18(10-12-19)21(26)17-7-5-4-6-8-17;1-16(2)22(26)27-14-13-23(3)15-20(24)28-19-11-9-18(10-12-19)21(25)17-7-5-4-6-8-17;1-3-19(24)22-13-14-23(2)15-20(25)27-18-11-9-17(10-12-18)21(26)16-7-5-4-6-8-16;1-3-19(23)26-14-13-22(2)15-20(24)27-18-11-9-17(10-12-18)21(25)16-7-5-4-6-8-16/h3-6,9-14H,1,7-8,15-17H2,2H3,(H,24,26);4-12H,1,13-15H2,2-3H3,(H,23,27);4-12H,1,13-15H2,2-3H3;3-12H,1,13-15H2,2H3,(H,22,24);3-12H,1,13-15H2,2H3. The van der Waals surface area contributed by atoms with Crippen LogP contribution in [0.3, 0.4) is 0 Å². The van der Waals surface area contributed by atoms with Crippen LogP contribution in [0.25, 0.3) is 0 Å². The van der Waals surface area contributed by atoms with E-state index in [4.69, 9.17) is 33.2 Å². The zero-order valence-corrected chi connectivity index (χ0v) is 79.0. The number of amides is 3. The summed E-state index contributed by atoms with van der Waals surface area (Å²) in [6.45, 7) is 24.9. The molecule has 0 fully saturated rings. The number of ketones is 5. The Labute approximate surface area is 809 Å². The molecule has 0 bridgehead atoms. The van der Waals surface area contributed by atoms with Crippen molar-refractivity contribution in [3.63, 3.8) is 0 Å². The van der Waals surface area contributed by atoms with Crippen molar-refractivity contribution >= 4 is 88.4 Å². The molecule has 10 aromatic carbocycles. The summed E-state index contributed by atoms with van der Waals surface area (Å²) in [6.07, 6.45) is 5.18. The zero-order valence-electron chi connectivity index (χ0n) is 79.0. The average molecular weight is 1890 g/mol. The molecule has 3 N–H and O–H groups in total. The normalized spacial score (nSPS) is 10.4. The summed E-state index contributed by atoms with van der Waals surface area (Å²) >= 11 is 0. The van der Waals surface area contributed by atoms with Gasteiger partial charge in [0.15, 0.2) is 28.9 Å². The van der Waals surface area contributed by atoms with Crippen molar-refractivity contribution < 1.29 is 105 Å². The first-order chi connectivity index (χ1) is 66.7. The number of carbonyl (C=O) groups excluding carboxylic acids is 15. The van der Waals surface area contributed by atoms with Crippen molar-refractivity contribution in [2.24, 2.45) is 0 Å². The van der Waals surface area contributed by atoms with Crippen molar-refractivity contribution in [3.8, 4) is 28.7 Å². The van der Waals surface area contributed by atoms with E-state index in [-0.39, 0.29) is 98.5 Å². The number of ether oxygens (including phenoxy) is 7. The number of esters is 7. The third-order valence-electron chi connectivity index (χ3n) is 19.5. The number of likely N-dealkylation sites (N-methyl/N-ethyl adjacent to an activating group) is 5. The summed E-state index contributed by atoms with van der Waals surface area (Å²) < 4.78 is 36.3. The summed E-state index contributed by atoms with van der Waals surface area (Å²) in [5.74, 6) is -2.29. The van der Waals surface area contributed by atoms with Gasteiger partial charge in [-0.25, -0.2) is 9.59 Å². The maximum Gasteiger partial charge on any atom is 0.333 e. The molecule has 724 valence electrons. The van der Waals surface area contributed by atoms with E-state index in [1.165, 1.54) is 12.2 Å². The third kappa shape index (κ3) is 43.8. The summed E-state index contributed by atoms with van der Waals surface area (Å²) in [5, 5.41) is 8.05. The van der Waals surface area contributed by atoms with Crippen molar-refractivity contribution in [2.45, 2.75) is 26.7 Å². The van der Waals surface area contributed by atoms with Crippen LogP contribution in [0.15, 0.2) is 335 Å². The minimum atomic E-state index is -0.504. The molecule has 0 aliphatic heterocycles. The van der Waals surface area contributed by atoms with Crippen LogP contribution in [0.2, 0.25) is 0 Å². The Morgan fingerprint density at radius 1 is 0.266 bits per heavy atom.